The van der Waals surface area contributed by atoms with Crippen LogP contribution in [0.1, 0.15) is 58.3 Å². The molecule has 9 atom stereocenters. The van der Waals surface area contributed by atoms with Gasteiger partial charge in [-0.2, -0.15) is 0 Å². The lowest BCUT2D eigenvalue weighted by molar-refractivity contribution is -0.357. The lowest BCUT2D eigenvalue weighted by Crippen LogP contribution is -2.60. The normalized spacial score (nSPS) is 27.9. The first-order chi connectivity index (χ1) is 17.2. The van der Waals surface area contributed by atoms with E-state index >= 15 is 0 Å². The lowest BCUT2D eigenvalue weighted by Gasteiger charge is -2.41. The van der Waals surface area contributed by atoms with Crippen molar-refractivity contribution in [3.63, 3.8) is 0 Å². The molecule has 13 nitrogen and oxygen atoms in total. The van der Waals surface area contributed by atoms with E-state index in [1.54, 1.807) is 0 Å². The third kappa shape index (κ3) is 11.6. The Labute approximate surface area is 211 Å². The smallest absolute Gasteiger partial charge is 0.305 e. The number of ether oxygens (including phenoxy) is 4. The van der Waals surface area contributed by atoms with Crippen LogP contribution in [-0.4, -0.2) is 123 Å². The van der Waals surface area contributed by atoms with E-state index in [1.807, 2.05) is 0 Å². The van der Waals surface area contributed by atoms with Gasteiger partial charge in [0.2, 0.25) is 0 Å². The highest BCUT2D eigenvalue weighted by Crippen LogP contribution is 2.24. The van der Waals surface area contributed by atoms with E-state index in [0.29, 0.717) is 13.0 Å². The highest BCUT2D eigenvalue weighted by Gasteiger charge is 2.46. The standard InChI is InChI=1S/C23H45NO12/c1-14(27)17(13-33-18(29)9-7-5-3-2-4-6-8-10-24)35-22(15(28)11-25)36-23-21(32)20(31)19(30)16(12-26)34-23/h14-17,19-23,25-28,30-32H,2-13,24H2,1H3/t14-,15-,16?,17?,19?,20?,21?,22?,23?/m0/s1. The number of carbonyl (C=O) groups is 1. The van der Waals surface area contributed by atoms with Crippen molar-refractivity contribution in [3.8, 4) is 0 Å². The van der Waals surface area contributed by atoms with Crippen molar-refractivity contribution in [2.24, 2.45) is 5.73 Å². The predicted octanol–water partition coefficient (Wildman–Crippen LogP) is -2.13. The first-order valence-electron chi connectivity index (χ1n) is 12.6. The van der Waals surface area contributed by atoms with Crippen LogP contribution in [0.2, 0.25) is 0 Å². The second kappa shape index (κ2) is 18.3. The molecule has 1 aliphatic rings. The predicted molar refractivity (Wildman–Crippen MR) is 125 cm³/mol. The van der Waals surface area contributed by atoms with Gasteiger partial charge in [-0.25, -0.2) is 0 Å². The third-order valence-corrected chi connectivity index (χ3v) is 5.96. The molecule has 214 valence electrons. The molecule has 1 rings (SSSR count). The summed E-state index contributed by atoms with van der Waals surface area (Å²) in [6, 6.07) is 0. The molecule has 1 fully saturated rings. The summed E-state index contributed by atoms with van der Waals surface area (Å²) in [5, 5.41) is 68.8. The van der Waals surface area contributed by atoms with Crippen LogP contribution in [0.15, 0.2) is 0 Å². The van der Waals surface area contributed by atoms with Gasteiger partial charge < -0.3 is 60.4 Å². The highest BCUT2D eigenvalue weighted by molar-refractivity contribution is 5.69. The number of aliphatic hydroxyl groups is 7. The number of unbranched alkanes of at least 4 members (excludes halogenated alkanes) is 6. The van der Waals surface area contributed by atoms with Crippen molar-refractivity contribution in [1.82, 2.24) is 0 Å². The molecule has 0 aromatic heterocycles. The summed E-state index contributed by atoms with van der Waals surface area (Å²) < 4.78 is 21.3. The van der Waals surface area contributed by atoms with Crippen molar-refractivity contribution in [3.05, 3.63) is 0 Å². The van der Waals surface area contributed by atoms with Gasteiger partial charge in [-0.1, -0.05) is 32.1 Å². The minimum Gasteiger partial charge on any atom is -0.463 e. The van der Waals surface area contributed by atoms with Gasteiger partial charge in [-0.05, 0) is 26.3 Å². The van der Waals surface area contributed by atoms with E-state index in [0.717, 1.165) is 38.5 Å². The van der Waals surface area contributed by atoms with Gasteiger partial charge in [-0.3, -0.25) is 4.79 Å². The van der Waals surface area contributed by atoms with Crippen molar-refractivity contribution in [1.29, 1.82) is 0 Å². The Morgan fingerprint density at radius 2 is 1.56 bits per heavy atom. The van der Waals surface area contributed by atoms with E-state index < -0.39 is 74.5 Å². The molecule has 0 saturated carbocycles. The Balaban J connectivity index is 2.57. The molecule has 0 radical (unpaired) electrons. The molecule has 9 N–H and O–H groups in total. The highest BCUT2D eigenvalue weighted by atomic mass is 16.8. The molecule has 0 spiro atoms. The molecular formula is C23H45NO12. The number of hydrogen-bond acceptors (Lipinski definition) is 13. The molecule has 0 aromatic carbocycles. The molecule has 36 heavy (non-hydrogen) atoms. The molecular weight excluding hydrogens is 482 g/mol. The van der Waals surface area contributed by atoms with Crippen LogP contribution in [0.4, 0.5) is 0 Å². The summed E-state index contributed by atoms with van der Waals surface area (Å²) in [7, 11) is 0. The van der Waals surface area contributed by atoms with Crippen LogP contribution >= 0.6 is 0 Å². The molecule has 1 heterocycles. The fourth-order valence-corrected chi connectivity index (χ4v) is 3.62. The Bertz CT molecular complexity index is 581. The molecule has 7 unspecified atom stereocenters. The van der Waals surface area contributed by atoms with E-state index in [-0.39, 0.29) is 13.0 Å². The summed E-state index contributed by atoms with van der Waals surface area (Å²) in [4.78, 5) is 12.1. The van der Waals surface area contributed by atoms with E-state index in [9.17, 15) is 40.5 Å². The van der Waals surface area contributed by atoms with Gasteiger partial charge >= 0.3 is 5.97 Å². The van der Waals surface area contributed by atoms with Gasteiger partial charge in [0, 0.05) is 6.42 Å². The Morgan fingerprint density at radius 3 is 2.11 bits per heavy atom. The van der Waals surface area contributed by atoms with Crippen LogP contribution in [0.5, 0.6) is 0 Å². The maximum atomic E-state index is 12.1. The average molecular weight is 528 g/mol. The first-order valence-corrected chi connectivity index (χ1v) is 12.6. The Morgan fingerprint density at radius 1 is 0.944 bits per heavy atom. The lowest BCUT2D eigenvalue weighted by atomic mass is 9.99. The summed E-state index contributed by atoms with van der Waals surface area (Å²) >= 11 is 0. The van der Waals surface area contributed by atoms with Crippen molar-refractivity contribution in [2.45, 2.75) is 114 Å². The second-order valence-corrected chi connectivity index (χ2v) is 9.06. The van der Waals surface area contributed by atoms with Crippen LogP contribution in [0.3, 0.4) is 0 Å². The molecule has 13 heteroatoms. The largest absolute Gasteiger partial charge is 0.463 e. The summed E-state index contributed by atoms with van der Waals surface area (Å²) in [6.45, 7) is 0.157. The second-order valence-electron chi connectivity index (χ2n) is 9.06. The summed E-state index contributed by atoms with van der Waals surface area (Å²) in [5.41, 5.74) is 5.46. The fraction of sp³-hybridized carbons (Fsp3) is 0.957. The molecule has 0 aromatic rings. The number of hydrogen-bond donors (Lipinski definition) is 8. The first kappa shape index (κ1) is 33.1. The van der Waals surface area contributed by atoms with E-state index in [1.165, 1.54) is 6.92 Å². The Kier molecular flexibility index (Phi) is 16.8. The summed E-state index contributed by atoms with van der Waals surface area (Å²) in [5.74, 6) is -0.485. The van der Waals surface area contributed by atoms with Gasteiger partial charge in [0.05, 0.1) is 19.3 Å². The molecule has 0 amide bonds. The molecule has 1 saturated heterocycles. The zero-order valence-electron chi connectivity index (χ0n) is 20.9. The van der Waals surface area contributed by atoms with Gasteiger partial charge in [0.15, 0.2) is 12.6 Å². The minimum atomic E-state index is -1.77. The van der Waals surface area contributed by atoms with Crippen molar-refractivity contribution >= 4 is 5.97 Å². The van der Waals surface area contributed by atoms with Crippen molar-refractivity contribution in [2.75, 3.05) is 26.4 Å². The van der Waals surface area contributed by atoms with Crippen molar-refractivity contribution < 1.29 is 59.5 Å². The number of esters is 1. The maximum absolute atomic E-state index is 12.1. The topological polar surface area (TPSA) is 222 Å². The SMILES string of the molecule is C[C@H](O)C(COC(=O)CCCCCCCCCN)OC(OC1OC(CO)C(O)C(O)C1O)[C@@H](O)CO. The van der Waals surface area contributed by atoms with Crippen LogP contribution in [-0.2, 0) is 23.7 Å². The van der Waals surface area contributed by atoms with Gasteiger partial charge in [0.1, 0.15) is 43.2 Å². The molecule has 0 bridgehead atoms. The zero-order valence-corrected chi connectivity index (χ0v) is 20.9. The minimum absolute atomic E-state index is 0.194. The third-order valence-electron chi connectivity index (χ3n) is 5.96. The molecule has 0 aliphatic carbocycles. The molecule has 1 aliphatic heterocycles. The number of carbonyl (C=O) groups excluding carboxylic acids is 1. The van der Waals surface area contributed by atoms with Gasteiger partial charge in [-0.15, -0.1) is 0 Å². The number of nitrogens with two attached hydrogens (primary N) is 1. The van der Waals surface area contributed by atoms with Crippen LogP contribution in [0, 0.1) is 0 Å². The monoisotopic (exact) mass is 527 g/mol. The van der Waals surface area contributed by atoms with Crippen LogP contribution < -0.4 is 5.73 Å². The van der Waals surface area contributed by atoms with Gasteiger partial charge in [0.25, 0.3) is 0 Å². The summed E-state index contributed by atoms with van der Waals surface area (Å²) in [6.07, 6.45) is -6.70. The Hall–Kier alpha value is -0.970. The number of rotatable bonds is 19. The van der Waals surface area contributed by atoms with E-state index in [4.69, 9.17) is 24.7 Å². The maximum Gasteiger partial charge on any atom is 0.305 e. The average Bonchev–Trinajstić information content (AvgIpc) is 2.86. The van der Waals surface area contributed by atoms with Crippen LogP contribution in [0.25, 0.3) is 0 Å². The number of aliphatic hydroxyl groups excluding tert-OH is 7. The van der Waals surface area contributed by atoms with E-state index in [2.05, 4.69) is 0 Å². The zero-order chi connectivity index (χ0) is 27.1. The quantitative estimate of drug-likeness (QED) is 0.0511. The fourth-order valence-electron chi connectivity index (χ4n) is 3.62.